The van der Waals surface area contributed by atoms with E-state index < -0.39 is 6.10 Å². The van der Waals surface area contributed by atoms with Crippen LogP contribution in [-0.2, 0) is 6.54 Å². The number of rotatable bonds is 3. The molecular weight excluding hydrogens is 200 g/mol. The van der Waals surface area contributed by atoms with Gasteiger partial charge in [-0.25, -0.2) is 9.67 Å². The van der Waals surface area contributed by atoms with Crippen molar-refractivity contribution < 1.29 is 10.2 Å². The predicted octanol–water partition coefficient (Wildman–Crippen LogP) is -1.53. The molecule has 2 rings (SSSR count). The molecule has 3 N–H and O–H groups in total. The summed E-state index contributed by atoms with van der Waals surface area (Å²) < 4.78 is 1.38. The van der Waals surface area contributed by atoms with Gasteiger partial charge in [-0.1, -0.05) is 0 Å². The van der Waals surface area contributed by atoms with Crippen LogP contribution in [0.3, 0.4) is 0 Å². The van der Waals surface area contributed by atoms with Crippen LogP contribution in [0.2, 0.25) is 0 Å². The Labute approximate surface area is 84.0 Å². The zero-order chi connectivity index (χ0) is 10.8. The first-order valence-corrected chi connectivity index (χ1v) is 4.40. The maximum Gasteiger partial charge on any atom is 0.261 e. The largest absolute Gasteiger partial charge is 0.394 e. The Morgan fingerprint density at radius 3 is 3.13 bits per heavy atom. The maximum absolute atomic E-state index is 11.3. The van der Waals surface area contributed by atoms with Gasteiger partial charge in [0, 0.05) is 0 Å². The number of aromatic amines is 1. The summed E-state index contributed by atoms with van der Waals surface area (Å²) in [6.07, 6.45) is 1.74. The van der Waals surface area contributed by atoms with E-state index in [9.17, 15) is 9.90 Å². The first kappa shape index (κ1) is 9.81. The van der Waals surface area contributed by atoms with Crippen LogP contribution in [0.15, 0.2) is 17.3 Å². The summed E-state index contributed by atoms with van der Waals surface area (Å²) in [5.74, 6) is 0. The van der Waals surface area contributed by atoms with Gasteiger partial charge < -0.3 is 15.2 Å². The Morgan fingerprint density at radius 1 is 1.60 bits per heavy atom. The van der Waals surface area contributed by atoms with E-state index in [0.29, 0.717) is 11.0 Å². The molecule has 2 heterocycles. The predicted molar refractivity (Wildman–Crippen MR) is 51.2 cm³/mol. The molecule has 0 saturated carbocycles. The minimum atomic E-state index is -0.908. The number of nitrogens with one attached hydrogen (secondary N) is 1. The van der Waals surface area contributed by atoms with Crippen molar-refractivity contribution >= 4 is 11.0 Å². The van der Waals surface area contributed by atoms with Crippen molar-refractivity contribution in [2.24, 2.45) is 0 Å². The molecule has 1 atom stereocenters. The SMILES string of the molecule is O=c1[nH]cnc2c1cnn2CC(O)CO. The lowest BCUT2D eigenvalue weighted by Gasteiger charge is -2.06. The quantitative estimate of drug-likeness (QED) is 0.570. The smallest absolute Gasteiger partial charge is 0.261 e. The van der Waals surface area contributed by atoms with Gasteiger partial charge >= 0.3 is 0 Å². The number of aliphatic hydroxyl groups excluding tert-OH is 2. The second-order valence-electron chi connectivity index (χ2n) is 3.13. The number of hydrogen-bond acceptors (Lipinski definition) is 5. The van der Waals surface area contributed by atoms with Crippen molar-refractivity contribution in [3.63, 3.8) is 0 Å². The molecule has 0 amide bonds. The summed E-state index contributed by atoms with van der Waals surface area (Å²) in [6.45, 7) is -0.249. The molecule has 0 fully saturated rings. The highest BCUT2D eigenvalue weighted by Gasteiger charge is 2.10. The molecule has 2 aromatic rings. The van der Waals surface area contributed by atoms with Crippen molar-refractivity contribution in [3.05, 3.63) is 22.9 Å². The fourth-order valence-corrected chi connectivity index (χ4v) is 1.30. The van der Waals surface area contributed by atoms with Crippen LogP contribution >= 0.6 is 0 Å². The van der Waals surface area contributed by atoms with Gasteiger partial charge in [0.15, 0.2) is 5.65 Å². The molecule has 0 aliphatic rings. The Kier molecular flexibility index (Phi) is 2.48. The Bertz CT molecular complexity index is 518. The first-order chi connectivity index (χ1) is 7.22. The second kappa shape index (κ2) is 3.79. The molecule has 0 radical (unpaired) electrons. The van der Waals surface area contributed by atoms with Crippen molar-refractivity contribution in [2.45, 2.75) is 12.6 Å². The van der Waals surface area contributed by atoms with E-state index in [1.54, 1.807) is 0 Å². The molecule has 1 unspecified atom stereocenters. The third-order valence-corrected chi connectivity index (χ3v) is 2.03. The normalized spacial score (nSPS) is 13.2. The average molecular weight is 210 g/mol. The Hall–Kier alpha value is -1.73. The molecule has 0 aliphatic heterocycles. The maximum atomic E-state index is 11.3. The highest BCUT2D eigenvalue weighted by Crippen LogP contribution is 2.04. The van der Waals surface area contributed by atoms with E-state index in [1.807, 2.05) is 0 Å². The van der Waals surface area contributed by atoms with Gasteiger partial charge in [-0.3, -0.25) is 4.79 Å². The summed E-state index contributed by atoms with van der Waals surface area (Å²) in [4.78, 5) is 17.7. The zero-order valence-electron chi connectivity index (χ0n) is 7.79. The lowest BCUT2D eigenvalue weighted by Crippen LogP contribution is -2.21. The average Bonchev–Trinajstić information content (AvgIpc) is 2.63. The van der Waals surface area contributed by atoms with Crippen molar-refractivity contribution in [1.82, 2.24) is 19.7 Å². The van der Waals surface area contributed by atoms with Gasteiger partial charge in [0.25, 0.3) is 5.56 Å². The van der Waals surface area contributed by atoms with Crippen LogP contribution in [0.25, 0.3) is 11.0 Å². The minimum absolute atomic E-state index is 0.108. The summed E-state index contributed by atoms with van der Waals surface area (Å²) in [5.41, 5.74) is 0.121. The summed E-state index contributed by atoms with van der Waals surface area (Å²) in [5, 5.41) is 22.2. The van der Waals surface area contributed by atoms with Crippen LogP contribution in [-0.4, -0.2) is 42.7 Å². The van der Waals surface area contributed by atoms with E-state index >= 15 is 0 Å². The van der Waals surface area contributed by atoms with Crippen LogP contribution in [0, 0.1) is 0 Å². The highest BCUT2D eigenvalue weighted by atomic mass is 16.3. The molecule has 0 saturated heterocycles. The van der Waals surface area contributed by atoms with Gasteiger partial charge in [-0.2, -0.15) is 5.10 Å². The van der Waals surface area contributed by atoms with E-state index in [-0.39, 0.29) is 18.7 Å². The highest BCUT2D eigenvalue weighted by molar-refractivity contribution is 5.72. The third-order valence-electron chi connectivity index (χ3n) is 2.03. The van der Waals surface area contributed by atoms with E-state index in [1.165, 1.54) is 17.2 Å². The van der Waals surface area contributed by atoms with Gasteiger partial charge in [-0.15, -0.1) is 0 Å². The molecule has 2 aromatic heterocycles. The molecule has 7 nitrogen and oxygen atoms in total. The van der Waals surface area contributed by atoms with Crippen LogP contribution < -0.4 is 5.56 Å². The first-order valence-electron chi connectivity index (χ1n) is 4.40. The molecule has 80 valence electrons. The van der Waals surface area contributed by atoms with E-state index in [0.717, 1.165) is 0 Å². The van der Waals surface area contributed by atoms with Gasteiger partial charge in [0.2, 0.25) is 0 Å². The standard InChI is InChI=1S/C8H10N4O3/c13-3-5(14)2-12-7-6(1-11-12)8(15)10-4-9-7/h1,4-5,13-14H,2-3H2,(H,9,10,15). The molecule has 0 spiro atoms. The Balaban J connectivity index is 2.45. The fourth-order valence-electron chi connectivity index (χ4n) is 1.30. The number of aromatic nitrogens is 4. The molecule has 0 bridgehead atoms. The van der Waals surface area contributed by atoms with Crippen LogP contribution in [0.5, 0.6) is 0 Å². The van der Waals surface area contributed by atoms with Gasteiger partial charge in [-0.05, 0) is 0 Å². The lowest BCUT2D eigenvalue weighted by atomic mass is 10.4. The molecule has 7 heteroatoms. The minimum Gasteiger partial charge on any atom is -0.394 e. The van der Waals surface area contributed by atoms with Crippen molar-refractivity contribution in [2.75, 3.05) is 6.61 Å². The summed E-state index contributed by atoms with van der Waals surface area (Å²) in [7, 11) is 0. The van der Waals surface area contributed by atoms with E-state index in [2.05, 4.69) is 15.1 Å². The number of H-pyrrole nitrogens is 1. The number of nitrogens with zero attached hydrogens (tertiary/aromatic N) is 3. The summed E-state index contributed by atoms with van der Waals surface area (Å²) >= 11 is 0. The van der Waals surface area contributed by atoms with E-state index in [4.69, 9.17) is 5.11 Å². The van der Waals surface area contributed by atoms with Crippen molar-refractivity contribution in [3.8, 4) is 0 Å². The topological polar surface area (TPSA) is 104 Å². The second-order valence-corrected chi connectivity index (χ2v) is 3.13. The fraction of sp³-hybridized carbons (Fsp3) is 0.375. The Morgan fingerprint density at radius 2 is 2.40 bits per heavy atom. The third kappa shape index (κ3) is 1.74. The summed E-state index contributed by atoms with van der Waals surface area (Å²) in [6, 6.07) is 0. The molecule has 0 aromatic carbocycles. The number of hydrogen-bond donors (Lipinski definition) is 3. The molecule has 0 aliphatic carbocycles. The molecule has 15 heavy (non-hydrogen) atoms. The lowest BCUT2D eigenvalue weighted by molar-refractivity contribution is 0.0792. The van der Waals surface area contributed by atoms with Crippen molar-refractivity contribution in [1.29, 1.82) is 0 Å². The van der Waals surface area contributed by atoms with Crippen LogP contribution in [0.1, 0.15) is 0 Å². The number of fused-ring (bicyclic) bond motifs is 1. The zero-order valence-corrected chi connectivity index (χ0v) is 7.79. The monoisotopic (exact) mass is 210 g/mol. The molecular formula is C8H10N4O3. The van der Waals surface area contributed by atoms with Gasteiger partial charge in [0.1, 0.15) is 5.39 Å². The van der Waals surface area contributed by atoms with Crippen LogP contribution in [0.4, 0.5) is 0 Å². The number of aliphatic hydroxyl groups is 2. The van der Waals surface area contributed by atoms with Gasteiger partial charge in [0.05, 0.1) is 31.8 Å².